The van der Waals surface area contributed by atoms with Crippen molar-refractivity contribution in [3.8, 4) is 11.3 Å². The van der Waals surface area contributed by atoms with Gasteiger partial charge in [-0.05, 0) is 17.7 Å². The minimum atomic E-state index is -0.358. The van der Waals surface area contributed by atoms with E-state index in [0.717, 1.165) is 22.5 Å². The topological polar surface area (TPSA) is 96.4 Å². The first-order valence-electron chi connectivity index (χ1n) is 9.73. The number of hydrogen-bond acceptors (Lipinski definition) is 6. The van der Waals surface area contributed by atoms with Gasteiger partial charge in [-0.25, -0.2) is 4.98 Å². The molecule has 3 amide bonds. The van der Waals surface area contributed by atoms with Crippen molar-refractivity contribution in [3.63, 3.8) is 0 Å². The number of benzene rings is 2. The van der Waals surface area contributed by atoms with E-state index in [-0.39, 0.29) is 42.9 Å². The van der Waals surface area contributed by atoms with Crippen molar-refractivity contribution in [1.82, 2.24) is 9.88 Å². The van der Waals surface area contributed by atoms with Crippen LogP contribution in [-0.4, -0.2) is 33.4 Å². The molecular weight excluding hydrogens is 414 g/mol. The molecule has 0 unspecified atom stereocenters. The first kappa shape index (κ1) is 20.6. The summed E-state index contributed by atoms with van der Waals surface area (Å²) in [5.74, 6) is -0.826. The zero-order valence-electron chi connectivity index (χ0n) is 16.8. The van der Waals surface area contributed by atoms with Crippen LogP contribution in [0.4, 0.5) is 5.13 Å². The first-order chi connectivity index (χ1) is 14.9. The van der Waals surface area contributed by atoms with Crippen molar-refractivity contribution >= 4 is 40.0 Å². The van der Waals surface area contributed by atoms with Gasteiger partial charge in [0.15, 0.2) is 10.9 Å². The van der Waals surface area contributed by atoms with Crippen LogP contribution in [0.1, 0.15) is 45.4 Å². The van der Waals surface area contributed by atoms with E-state index in [1.54, 1.807) is 24.3 Å². The lowest BCUT2D eigenvalue weighted by Gasteiger charge is -2.13. The maximum Gasteiger partial charge on any atom is 0.257 e. The number of anilines is 1. The quantitative estimate of drug-likeness (QED) is 0.470. The third-order valence-corrected chi connectivity index (χ3v) is 6.00. The van der Waals surface area contributed by atoms with E-state index in [4.69, 9.17) is 0 Å². The lowest BCUT2D eigenvalue weighted by Crippen LogP contribution is -2.28. The fourth-order valence-corrected chi connectivity index (χ4v) is 4.19. The van der Waals surface area contributed by atoms with Crippen molar-refractivity contribution in [2.75, 3.05) is 5.32 Å². The maximum atomic E-state index is 12.7. The average molecular weight is 433 g/mol. The van der Waals surface area contributed by atoms with Crippen molar-refractivity contribution in [2.24, 2.45) is 0 Å². The molecule has 0 saturated carbocycles. The molecule has 2 heterocycles. The Morgan fingerprint density at radius 1 is 1.00 bits per heavy atom. The summed E-state index contributed by atoms with van der Waals surface area (Å²) in [6.07, 6.45) is 0.501. The second-order valence-electron chi connectivity index (χ2n) is 7.14. The minimum absolute atomic E-state index is 0.118. The molecule has 1 N–H and O–H groups in total. The van der Waals surface area contributed by atoms with Gasteiger partial charge in [0, 0.05) is 30.9 Å². The molecule has 1 aromatic heterocycles. The van der Waals surface area contributed by atoms with Crippen LogP contribution in [0.5, 0.6) is 0 Å². The summed E-state index contributed by atoms with van der Waals surface area (Å²) in [6.45, 7) is 1.68. The predicted molar refractivity (Wildman–Crippen MR) is 117 cm³/mol. The van der Waals surface area contributed by atoms with Crippen LogP contribution in [0, 0.1) is 0 Å². The van der Waals surface area contributed by atoms with Gasteiger partial charge in [0.2, 0.25) is 11.8 Å². The zero-order chi connectivity index (χ0) is 22.0. The average Bonchev–Trinajstić information content (AvgIpc) is 3.33. The molecule has 1 aliphatic rings. The third-order valence-electron chi connectivity index (χ3n) is 4.93. The number of nitrogens with zero attached hydrogens (tertiary/aromatic N) is 2. The van der Waals surface area contributed by atoms with E-state index in [1.807, 2.05) is 30.3 Å². The van der Waals surface area contributed by atoms with E-state index >= 15 is 0 Å². The number of thiazole rings is 1. The monoisotopic (exact) mass is 433 g/mol. The van der Waals surface area contributed by atoms with Gasteiger partial charge >= 0.3 is 0 Å². The van der Waals surface area contributed by atoms with Crippen molar-refractivity contribution < 1.29 is 19.2 Å². The van der Waals surface area contributed by atoms with Gasteiger partial charge in [-0.1, -0.05) is 53.8 Å². The molecule has 4 rings (SSSR count). The summed E-state index contributed by atoms with van der Waals surface area (Å²) in [5, 5.41) is 3.09. The van der Waals surface area contributed by atoms with Crippen molar-refractivity contribution in [1.29, 1.82) is 0 Å². The number of amides is 3. The van der Waals surface area contributed by atoms with Gasteiger partial charge in [0.1, 0.15) is 0 Å². The molecule has 3 aromatic rings. The summed E-state index contributed by atoms with van der Waals surface area (Å²) in [7, 11) is 0. The van der Waals surface area contributed by atoms with E-state index < -0.39 is 0 Å². The van der Waals surface area contributed by atoms with E-state index in [1.165, 1.54) is 11.8 Å². The van der Waals surface area contributed by atoms with Gasteiger partial charge in [-0.15, -0.1) is 0 Å². The summed E-state index contributed by atoms with van der Waals surface area (Å²) < 4.78 is 0. The molecule has 2 aromatic carbocycles. The number of likely N-dealkylation sites (tertiary alicyclic amines) is 1. The highest BCUT2D eigenvalue weighted by Crippen LogP contribution is 2.31. The Balaban J connectivity index is 1.49. The second kappa shape index (κ2) is 8.61. The molecule has 0 radical (unpaired) electrons. The predicted octanol–water partition coefficient (Wildman–Crippen LogP) is 3.91. The third kappa shape index (κ3) is 4.44. The summed E-state index contributed by atoms with van der Waals surface area (Å²) in [4.78, 5) is 54.4. The fourth-order valence-electron chi connectivity index (χ4n) is 3.32. The lowest BCUT2D eigenvalue weighted by molar-refractivity contribution is -0.139. The molecule has 0 atom stereocenters. The van der Waals surface area contributed by atoms with Crippen LogP contribution in [0.2, 0.25) is 0 Å². The SMILES string of the molecule is CC(=O)c1sc(NC(=O)c2ccc(CN3C(=O)CCC3=O)cc2)nc1-c1ccccc1. The number of imide groups is 1. The number of Topliss-reactive ketones (excluding diaryl/α,β-unsaturated/α-hetero) is 1. The highest BCUT2D eigenvalue weighted by Gasteiger charge is 2.28. The molecule has 0 bridgehead atoms. The van der Waals surface area contributed by atoms with Crippen molar-refractivity contribution in [2.45, 2.75) is 26.3 Å². The van der Waals surface area contributed by atoms with Gasteiger partial charge in [-0.2, -0.15) is 0 Å². The molecule has 8 heteroatoms. The normalized spacial score (nSPS) is 13.5. The lowest BCUT2D eigenvalue weighted by atomic mass is 10.1. The van der Waals surface area contributed by atoms with E-state index in [0.29, 0.717) is 21.3 Å². The number of hydrogen-bond donors (Lipinski definition) is 1. The van der Waals surface area contributed by atoms with Crippen LogP contribution in [0.3, 0.4) is 0 Å². The van der Waals surface area contributed by atoms with Crippen LogP contribution in [0.25, 0.3) is 11.3 Å². The van der Waals surface area contributed by atoms with Gasteiger partial charge in [0.25, 0.3) is 5.91 Å². The Hall–Kier alpha value is -3.65. The molecule has 1 fully saturated rings. The Labute approximate surface area is 182 Å². The molecule has 1 saturated heterocycles. The molecule has 0 spiro atoms. The number of ketones is 1. The highest BCUT2D eigenvalue weighted by molar-refractivity contribution is 7.18. The molecule has 1 aliphatic heterocycles. The Morgan fingerprint density at radius 3 is 2.26 bits per heavy atom. The summed E-state index contributed by atoms with van der Waals surface area (Å²) in [6, 6.07) is 16.0. The molecular formula is C23H19N3O4S. The number of rotatable bonds is 6. The number of nitrogens with one attached hydrogen (secondary N) is 1. The van der Waals surface area contributed by atoms with E-state index in [9.17, 15) is 19.2 Å². The molecule has 31 heavy (non-hydrogen) atoms. The fraction of sp³-hybridized carbons (Fsp3) is 0.174. The number of carbonyl (C=O) groups is 4. The summed E-state index contributed by atoms with van der Waals surface area (Å²) in [5.41, 5.74) is 2.52. The smallest absolute Gasteiger partial charge is 0.257 e. The number of carbonyl (C=O) groups excluding carboxylic acids is 4. The molecule has 7 nitrogen and oxygen atoms in total. The first-order valence-corrected chi connectivity index (χ1v) is 10.5. The van der Waals surface area contributed by atoms with Gasteiger partial charge in [-0.3, -0.25) is 29.4 Å². The van der Waals surface area contributed by atoms with Crippen LogP contribution < -0.4 is 5.32 Å². The van der Waals surface area contributed by atoms with Crippen LogP contribution >= 0.6 is 11.3 Å². The Morgan fingerprint density at radius 2 is 1.65 bits per heavy atom. The van der Waals surface area contributed by atoms with Crippen molar-refractivity contribution in [3.05, 3.63) is 70.6 Å². The highest BCUT2D eigenvalue weighted by atomic mass is 32.1. The van der Waals surface area contributed by atoms with Gasteiger partial charge < -0.3 is 0 Å². The number of aromatic nitrogens is 1. The largest absolute Gasteiger partial charge is 0.298 e. The van der Waals surface area contributed by atoms with Crippen LogP contribution in [-0.2, 0) is 16.1 Å². The standard InChI is InChI=1S/C23H19N3O4S/c1-14(27)21-20(16-5-3-2-4-6-16)24-23(31-21)25-22(30)17-9-7-15(8-10-17)13-26-18(28)11-12-19(26)29/h2-10H,11-13H2,1H3,(H,24,25,30). The van der Waals surface area contributed by atoms with E-state index in [2.05, 4.69) is 10.3 Å². The van der Waals surface area contributed by atoms with Crippen LogP contribution in [0.15, 0.2) is 54.6 Å². The Kier molecular flexibility index (Phi) is 5.73. The maximum absolute atomic E-state index is 12.7. The second-order valence-corrected chi connectivity index (χ2v) is 8.14. The molecule has 156 valence electrons. The Bertz CT molecular complexity index is 1150. The minimum Gasteiger partial charge on any atom is -0.298 e. The van der Waals surface area contributed by atoms with Gasteiger partial charge in [0.05, 0.1) is 17.1 Å². The molecule has 0 aliphatic carbocycles. The summed E-state index contributed by atoms with van der Waals surface area (Å²) >= 11 is 1.14. The zero-order valence-corrected chi connectivity index (χ0v) is 17.6.